The quantitative estimate of drug-likeness (QED) is 0.0763. The summed E-state index contributed by atoms with van der Waals surface area (Å²) in [6.07, 6.45) is 11.2. The van der Waals surface area contributed by atoms with Crippen LogP contribution in [0.3, 0.4) is 0 Å². The van der Waals surface area contributed by atoms with Crippen LogP contribution < -0.4 is 68.9 Å². The van der Waals surface area contributed by atoms with Crippen LogP contribution in [0.1, 0.15) is 84.0 Å². The molecule has 0 amide bonds. The van der Waals surface area contributed by atoms with Gasteiger partial charge >= 0.3 is 59.1 Å². The molecule has 0 aliphatic heterocycles. The molecule has 0 rings (SSSR count). The second kappa shape index (κ2) is 21.8. The van der Waals surface area contributed by atoms with Gasteiger partial charge in [0.05, 0.1) is 7.82 Å². The number of aliphatic hydroxyl groups is 3. The van der Waals surface area contributed by atoms with E-state index in [4.69, 9.17) is 4.74 Å². The summed E-state index contributed by atoms with van der Waals surface area (Å²) in [6, 6.07) is 0. The first-order valence-corrected chi connectivity index (χ1v) is 11.5. The number of hydrogen-bond donors (Lipinski definition) is 3. The Hall–Kier alpha value is 1.95. The molecule has 0 fully saturated rings. The Balaban J connectivity index is -0.00000338. The summed E-state index contributed by atoms with van der Waals surface area (Å²) < 4.78 is 19.5. The van der Waals surface area contributed by atoms with E-state index in [1.54, 1.807) is 0 Å². The first-order chi connectivity index (χ1) is 12.7. The fraction of sp³-hybridized carbons (Fsp3) is 1.00. The first-order valence-electron chi connectivity index (χ1n) is 10.1. The van der Waals surface area contributed by atoms with Gasteiger partial charge in [-0.3, -0.25) is 0 Å². The number of phosphoric ester groups is 1. The van der Waals surface area contributed by atoms with Gasteiger partial charge in [0, 0.05) is 13.2 Å². The van der Waals surface area contributed by atoms with Crippen molar-refractivity contribution in [3.63, 3.8) is 0 Å². The van der Waals surface area contributed by atoms with E-state index in [2.05, 4.69) is 11.4 Å². The van der Waals surface area contributed by atoms with Crippen molar-refractivity contribution in [3.05, 3.63) is 0 Å². The average Bonchev–Trinajstić information content (AvgIpc) is 2.59. The molecule has 11 heteroatoms. The van der Waals surface area contributed by atoms with Crippen LogP contribution in [0, 0.1) is 0 Å². The second-order valence-electron chi connectivity index (χ2n) is 7.05. The van der Waals surface area contributed by atoms with E-state index in [0.717, 1.165) is 12.8 Å². The normalized spacial score (nSPS) is 12.9. The zero-order chi connectivity index (χ0) is 20.6. The van der Waals surface area contributed by atoms with Crippen LogP contribution in [-0.4, -0.2) is 47.0 Å². The Labute approximate surface area is 220 Å². The minimum Gasteiger partial charge on any atom is -0.790 e. The average molecular weight is 458 g/mol. The SMILES string of the molecule is CCCCCCCCCCCCOCCCC(O)C(O)(O)COP(=O)([O-])[O-].[Na+].[Na+]. The van der Waals surface area contributed by atoms with E-state index in [1.165, 1.54) is 51.4 Å². The van der Waals surface area contributed by atoms with E-state index < -0.39 is 26.3 Å². The molecule has 1 atom stereocenters. The van der Waals surface area contributed by atoms with Crippen molar-refractivity contribution in [2.24, 2.45) is 0 Å². The molecule has 0 aromatic carbocycles. The zero-order valence-corrected chi connectivity index (χ0v) is 23.4. The van der Waals surface area contributed by atoms with Crippen molar-refractivity contribution >= 4 is 7.82 Å². The van der Waals surface area contributed by atoms with Gasteiger partial charge < -0.3 is 38.9 Å². The molecular weight excluding hydrogens is 421 g/mol. The summed E-state index contributed by atoms with van der Waals surface area (Å²) in [5, 5.41) is 28.6. The van der Waals surface area contributed by atoms with Gasteiger partial charge in [0.2, 0.25) is 5.79 Å². The Morgan fingerprint density at radius 2 is 1.31 bits per heavy atom. The largest absolute Gasteiger partial charge is 1.00 e. The van der Waals surface area contributed by atoms with E-state index >= 15 is 0 Å². The topological polar surface area (TPSA) is 142 Å². The van der Waals surface area contributed by atoms with Crippen LogP contribution in [-0.2, 0) is 13.8 Å². The van der Waals surface area contributed by atoms with Gasteiger partial charge in [0.25, 0.3) is 0 Å². The van der Waals surface area contributed by atoms with Crippen LogP contribution in [0.4, 0.5) is 0 Å². The fourth-order valence-corrected chi connectivity index (χ4v) is 3.02. The molecule has 0 aliphatic carbocycles. The van der Waals surface area contributed by atoms with Crippen LogP contribution >= 0.6 is 7.82 Å². The molecule has 0 saturated heterocycles. The van der Waals surface area contributed by atoms with Crippen molar-refractivity contribution in [3.8, 4) is 0 Å². The molecule has 8 nitrogen and oxygen atoms in total. The Morgan fingerprint density at radius 1 is 0.862 bits per heavy atom. The van der Waals surface area contributed by atoms with Gasteiger partial charge in [-0.2, -0.15) is 0 Å². The number of ether oxygens (including phenoxy) is 1. The van der Waals surface area contributed by atoms with E-state index in [-0.39, 0.29) is 65.5 Å². The van der Waals surface area contributed by atoms with E-state index in [9.17, 15) is 29.7 Å². The van der Waals surface area contributed by atoms with Crippen molar-refractivity contribution in [1.82, 2.24) is 0 Å². The van der Waals surface area contributed by atoms with Gasteiger partial charge in [0.1, 0.15) is 12.7 Å². The van der Waals surface area contributed by atoms with Crippen LogP contribution in [0.5, 0.6) is 0 Å². The summed E-state index contributed by atoms with van der Waals surface area (Å²) in [6.45, 7) is 2.00. The fourth-order valence-electron chi connectivity index (χ4n) is 2.67. The molecular formula is C18H37Na2O8P. The van der Waals surface area contributed by atoms with Gasteiger partial charge in [-0.1, -0.05) is 64.7 Å². The Bertz CT molecular complexity index is 396. The molecule has 0 bridgehead atoms. The molecule has 0 saturated carbocycles. The molecule has 29 heavy (non-hydrogen) atoms. The maximum Gasteiger partial charge on any atom is 1.00 e. The third-order valence-electron chi connectivity index (χ3n) is 4.38. The Kier molecular flexibility index (Phi) is 26.7. The summed E-state index contributed by atoms with van der Waals surface area (Å²) in [4.78, 5) is 20.6. The standard InChI is InChI=1S/C18H39O8P.2Na/c1-2-3-4-5-6-7-8-9-10-11-14-25-15-12-13-17(19)18(20,21)16-26-27(22,23)24;;/h17,19-21H,2-16H2,1H3,(H2,22,23,24);;/q;2*+1/p-2. The maximum atomic E-state index is 10.3. The molecule has 164 valence electrons. The van der Waals surface area contributed by atoms with Crippen molar-refractivity contribution in [2.75, 3.05) is 19.8 Å². The number of phosphoric acid groups is 1. The van der Waals surface area contributed by atoms with E-state index in [1.807, 2.05) is 0 Å². The molecule has 0 aliphatic rings. The predicted octanol–water partition coefficient (Wildman–Crippen LogP) is -4.40. The number of hydrogen-bond acceptors (Lipinski definition) is 8. The molecule has 0 aromatic heterocycles. The van der Waals surface area contributed by atoms with Gasteiger partial charge in [0.15, 0.2) is 0 Å². The monoisotopic (exact) mass is 458 g/mol. The number of rotatable bonds is 19. The molecule has 0 radical (unpaired) electrons. The summed E-state index contributed by atoms with van der Waals surface area (Å²) in [7, 11) is -5.32. The molecule has 3 N–H and O–H groups in total. The Morgan fingerprint density at radius 3 is 1.79 bits per heavy atom. The van der Waals surface area contributed by atoms with Crippen LogP contribution in [0.25, 0.3) is 0 Å². The third kappa shape index (κ3) is 24.4. The minimum absolute atomic E-state index is 0. The zero-order valence-electron chi connectivity index (χ0n) is 18.5. The van der Waals surface area contributed by atoms with Crippen LogP contribution in [0.15, 0.2) is 0 Å². The minimum atomic E-state index is -5.32. The predicted molar refractivity (Wildman–Crippen MR) is 98.6 cm³/mol. The second-order valence-corrected chi connectivity index (χ2v) is 8.20. The first kappa shape index (κ1) is 35.5. The van der Waals surface area contributed by atoms with Crippen molar-refractivity contribution < 1.29 is 98.0 Å². The summed E-state index contributed by atoms with van der Waals surface area (Å²) in [5.41, 5.74) is 0. The smallest absolute Gasteiger partial charge is 0.790 e. The summed E-state index contributed by atoms with van der Waals surface area (Å²) in [5.74, 6) is -2.79. The molecule has 0 spiro atoms. The molecule has 0 aromatic rings. The van der Waals surface area contributed by atoms with Crippen molar-refractivity contribution in [1.29, 1.82) is 0 Å². The van der Waals surface area contributed by atoms with E-state index in [0.29, 0.717) is 19.6 Å². The van der Waals surface area contributed by atoms with Crippen LogP contribution in [0.2, 0.25) is 0 Å². The summed E-state index contributed by atoms with van der Waals surface area (Å²) >= 11 is 0. The van der Waals surface area contributed by atoms with Gasteiger partial charge in [-0.25, -0.2) is 0 Å². The van der Waals surface area contributed by atoms with Crippen molar-refractivity contribution in [2.45, 2.75) is 95.9 Å². The molecule has 0 heterocycles. The third-order valence-corrected chi connectivity index (χ3v) is 4.82. The van der Waals surface area contributed by atoms with Gasteiger partial charge in [-0.15, -0.1) is 0 Å². The molecule has 1 unspecified atom stereocenters. The van der Waals surface area contributed by atoms with Gasteiger partial charge in [-0.05, 0) is 19.3 Å². The number of aliphatic hydroxyl groups excluding tert-OH is 1. The maximum absolute atomic E-state index is 10.3. The number of unbranched alkanes of at least 4 members (excludes halogenated alkanes) is 9.